The molecule has 2 rings (SSSR count). The Morgan fingerprint density at radius 3 is 2.44 bits per heavy atom. The molecule has 0 unspecified atom stereocenters. The normalized spacial score (nSPS) is 15.3. The zero-order valence-electron chi connectivity index (χ0n) is 17.5. The molecule has 1 amide bonds. The quantitative estimate of drug-likeness (QED) is 0.375. The smallest absolute Gasteiger partial charge is 0.222 e. The Labute approximate surface area is 165 Å². The molecule has 1 aliphatic rings. The number of hydrogen-bond donors (Lipinski definition) is 0. The number of benzene rings is 1. The summed E-state index contributed by atoms with van der Waals surface area (Å²) in [6.45, 7) is 8.14. The number of piperidine rings is 1. The van der Waals surface area contributed by atoms with Gasteiger partial charge in [0.05, 0.1) is 0 Å². The first kappa shape index (κ1) is 21.7. The summed E-state index contributed by atoms with van der Waals surface area (Å²) in [5, 5.41) is 0. The van der Waals surface area contributed by atoms with Crippen LogP contribution in [0.1, 0.15) is 100 Å². The molecule has 1 aliphatic heterocycles. The van der Waals surface area contributed by atoms with Gasteiger partial charge in [-0.2, -0.15) is 0 Å². The van der Waals surface area contributed by atoms with Gasteiger partial charge in [-0.1, -0.05) is 64.7 Å². The number of Topliss-reactive ketones (excluding diaryl/α,β-unsaturated/α-hetero) is 1. The molecule has 1 saturated heterocycles. The highest BCUT2D eigenvalue weighted by Crippen LogP contribution is 2.29. The van der Waals surface area contributed by atoms with Crippen LogP contribution in [-0.2, 0) is 4.79 Å². The number of likely N-dealkylation sites (tertiary alicyclic amines) is 1. The monoisotopic (exact) mass is 371 g/mol. The number of amides is 1. The van der Waals surface area contributed by atoms with E-state index in [4.69, 9.17) is 0 Å². The topological polar surface area (TPSA) is 37.4 Å². The number of carbonyl (C=O) groups is 2. The van der Waals surface area contributed by atoms with E-state index in [1.54, 1.807) is 0 Å². The molecule has 1 heterocycles. The van der Waals surface area contributed by atoms with Crippen molar-refractivity contribution in [3.05, 3.63) is 35.4 Å². The van der Waals surface area contributed by atoms with E-state index in [-0.39, 0.29) is 5.78 Å². The number of carbonyl (C=O) groups excluding carboxylic acids is 2. The first-order chi connectivity index (χ1) is 13.0. The number of rotatable bonds is 10. The molecule has 0 saturated carbocycles. The molecule has 0 bridgehead atoms. The fraction of sp³-hybridized carbons (Fsp3) is 0.667. The van der Waals surface area contributed by atoms with Crippen LogP contribution in [0.4, 0.5) is 0 Å². The lowest BCUT2D eigenvalue weighted by atomic mass is 9.88. The molecule has 0 atom stereocenters. The van der Waals surface area contributed by atoms with Gasteiger partial charge in [0.25, 0.3) is 0 Å². The Hall–Kier alpha value is -1.64. The van der Waals surface area contributed by atoms with E-state index in [2.05, 4.69) is 26.0 Å². The SMILES string of the molecule is CCC(=O)c1cccc(C2CCN(C(=O)CCCCCCC(C)C)CC2)c1. The zero-order valence-corrected chi connectivity index (χ0v) is 17.5. The van der Waals surface area contributed by atoms with Crippen molar-refractivity contribution in [2.75, 3.05) is 13.1 Å². The third kappa shape index (κ3) is 7.12. The molecule has 1 fully saturated rings. The molecule has 0 spiro atoms. The molecule has 0 aromatic heterocycles. The van der Waals surface area contributed by atoms with Crippen LogP contribution in [0.5, 0.6) is 0 Å². The summed E-state index contributed by atoms with van der Waals surface area (Å²) >= 11 is 0. The molecular formula is C24H37NO2. The van der Waals surface area contributed by atoms with Crippen LogP contribution in [0.25, 0.3) is 0 Å². The van der Waals surface area contributed by atoms with Crippen LogP contribution in [-0.4, -0.2) is 29.7 Å². The molecular weight excluding hydrogens is 334 g/mol. The number of nitrogens with zero attached hydrogens (tertiary/aromatic N) is 1. The Bertz CT molecular complexity index is 600. The first-order valence-electron chi connectivity index (χ1n) is 10.9. The maximum Gasteiger partial charge on any atom is 0.222 e. The predicted octanol–water partition coefficient (Wildman–Crippen LogP) is 5.98. The van der Waals surface area contributed by atoms with Crippen LogP contribution < -0.4 is 0 Å². The van der Waals surface area contributed by atoms with Gasteiger partial charge in [0.15, 0.2) is 5.78 Å². The maximum absolute atomic E-state index is 12.4. The van der Waals surface area contributed by atoms with E-state index < -0.39 is 0 Å². The predicted molar refractivity (Wildman–Crippen MR) is 112 cm³/mol. The fourth-order valence-electron chi connectivity index (χ4n) is 3.97. The lowest BCUT2D eigenvalue weighted by molar-refractivity contribution is -0.132. The number of hydrogen-bond acceptors (Lipinski definition) is 2. The van der Waals surface area contributed by atoms with E-state index in [1.807, 2.05) is 24.0 Å². The molecule has 3 nitrogen and oxygen atoms in total. The minimum atomic E-state index is 0.206. The first-order valence-corrected chi connectivity index (χ1v) is 10.9. The van der Waals surface area contributed by atoms with E-state index >= 15 is 0 Å². The van der Waals surface area contributed by atoms with Crippen LogP contribution >= 0.6 is 0 Å². The van der Waals surface area contributed by atoms with Crippen LogP contribution in [0.3, 0.4) is 0 Å². The number of unbranched alkanes of at least 4 members (excludes halogenated alkanes) is 3. The van der Waals surface area contributed by atoms with Crippen molar-refractivity contribution in [3.8, 4) is 0 Å². The fourth-order valence-corrected chi connectivity index (χ4v) is 3.97. The van der Waals surface area contributed by atoms with E-state index in [1.165, 1.54) is 31.2 Å². The van der Waals surface area contributed by atoms with Gasteiger partial charge in [-0.3, -0.25) is 9.59 Å². The van der Waals surface area contributed by atoms with E-state index in [0.29, 0.717) is 24.7 Å². The molecule has 0 aliphatic carbocycles. The van der Waals surface area contributed by atoms with Crippen molar-refractivity contribution in [2.45, 2.75) is 84.5 Å². The Kier molecular flexibility index (Phi) is 9.03. The molecule has 27 heavy (non-hydrogen) atoms. The summed E-state index contributed by atoms with van der Waals surface area (Å²) in [5.41, 5.74) is 2.08. The molecule has 0 N–H and O–H groups in total. The standard InChI is InChI=1S/C24H37NO2/c1-4-23(26)22-12-9-11-21(18-22)20-14-16-25(17-15-20)24(27)13-8-6-5-7-10-19(2)3/h9,11-12,18-20H,4-8,10,13-17H2,1-3H3. The van der Waals surface area contributed by atoms with Crippen molar-refractivity contribution >= 4 is 11.7 Å². The van der Waals surface area contributed by atoms with Gasteiger partial charge in [0.1, 0.15) is 0 Å². The van der Waals surface area contributed by atoms with Gasteiger partial charge in [0.2, 0.25) is 5.91 Å². The van der Waals surface area contributed by atoms with Crippen molar-refractivity contribution in [1.29, 1.82) is 0 Å². The highest BCUT2D eigenvalue weighted by molar-refractivity contribution is 5.96. The van der Waals surface area contributed by atoms with Crippen molar-refractivity contribution in [2.24, 2.45) is 5.92 Å². The van der Waals surface area contributed by atoms with Gasteiger partial charge in [0, 0.05) is 31.5 Å². The minimum Gasteiger partial charge on any atom is -0.343 e. The average molecular weight is 372 g/mol. The summed E-state index contributed by atoms with van der Waals surface area (Å²) in [5.74, 6) is 1.79. The Balaban J connectivity index is 1.72. The highest BCUT2D eigenvalue weighted by atomic mass is 16.2. The maximum atomic E-state index is 12.4. The van der Waals surface area contributed by atoms with Crippen molar-refractivity contribution < 1.29 is 9.59 Å². The lowest BCUT2D eigenvalue weighted by Crippen LogP contribution is -2.37. The summed E-state index contributed by atoms with van der Waals surface area (Å²) < 4.78 is 0. The second-order valence-electron chi connectivity index (χ2n) is 8.40. The van der Waals surface area contributed by atoms with E-state index in [9.17, 15) is 9.59 Å². The van der Waals surface area contributed by atoms with Crippen molar-refractivity contribution in [1.82, 2.24) is 4.90 Å². The van der Waals surface area contributed by atoms with Crippen molar-refractivity contribution in [3.63, 3.8) is 0 Å². The molecule has 1 aromatic rings. The van der Waals surface area contributed by atoms with Gasteiger partial charge in [-0.25, -0.2) is 0 Å². The second kappa shape index (κ2) is 11.3. The lowest BCUT2D eigenvalue weighted by Gasteiger charge is -2.32. The summed E-state index contributed by atoms with van der Waals surface area (Å²) in [4.78, 5) is 26.4. The zero-order chi connectivity index (χ0) is 19.6. The van der Waals surface area contributed by atoms with Gasteiger partial charge >= 0.3 is 0 Å². The third-order valence-electron chi connectivity index (χ3n) is 5.77. The summed E-state index contributed by atoms with van der Waals surface area (Å²) in [6, 6.07) is 8.10. The van der Waals surface area contributed by atoms with E-state index in [0.717, 1.165) is 43.8 Å². The average Bonchev–Trinajstić information content (AvgIpc) is 2.69. The molecule has 1 aromatic carbocycles. The Morgan fingerprint density at radius 1 is 1.07 bits per heavy atom. The van der Waals surface area contributed by atoms with Gasteiger partial charge in [-0.15, -0.1) is 0 Å². The second-order valence-corrected chi connectivity index (χ2v) is 8.40. The van der Waals surface area contributed by atoms with Crippen LogP contribution in [0, 0.1) is 5.92 Å². The Morgan fingerprint density at radius 2 is 1.78 bits per heavy atom. The molecule has 3 heteroatoms. The van der Waals surface area contributed by atoms with Crippen LogP contribution in [0.15, 0.2) is 24.3 Å². The summed E-state index contributed by atoms with van der Waals surface area (Å²) in [7, 11) is 0. The number of ketones is 1. The largest absolute Gasteiger partial charge is 0.343 e. The molecule has 0 radical (unpaired) electrons. The highest BCUT2D eigenvalue weighted by Gasteiger charge is 2.23. The van der Waals surface area contributed by atoms with Gasteiger partial charge in [-0.05, 0) is 42.7 Å². The molecule has 150 valence electrons. The minimum absolute atomic E-state index is 0.206. The third-order valence-corrected chi connectivity index (χ3v) is 5.77. The summed E-state index contributed by atoms with van der Waals surface area (Å²) in [6.07, 6.45) is 9.30. The van der Waals surface area contributed by atoms with Crippen LogP contribution in [0.2, 0.25) is 0 Å². The van der Waals surface area contributed by atoms with Gasteiger partial charge < -0.3 is 4.90 Å².